The van der Waals surface area contributed by atoms with Gasteiger partial charge in [0.25, 0.3) is 0 Å². The molecule has 336 valence electrons. The number of hydrogen-bond acceptors (Lipinski definition) is 3. The Kier molecular flexibility index (Phi) is 10.9. The number of rotatable bonds is 9. The first-order valence-corrected chi connectivity index (χ1v) is 24.5. The van der Waals surface area contributed by atoms with Crippen LogP contribution in [0.25, 0.3) is 133 Å². The van der Waals surface area contributed by atoms with Crippen LogP contribution in [0.4, 0.5) is 0 Å². The molecule has 2 heterocycles. The molecule has 0 amide bonds. The molecule has 3 heteroatoms. The molecular formula is C69H45N3. The van der Waals surface area contributed by atoms with Gasteiger partial charge in [-0.25, -0.2) is 15.0 Å². The summed E-state index contributed by atoms with van der Waals surface area (Å²) in [6.45, 7) is 0. The van der Waals surface area contributed by atoms with Crippen LogP contribution in [0.15, 0.2) is 273 Å². The molecule has 13 aromatic rings. The molecule has 0 atom stereocenters. The van der Waals surface area contributed by atoms with Crippen LogP contribution >= 0.6 is 0 Å². The Balaban J connectivity index is 0.985. The van der Waals surface area contributed by atoms with Crippen molar-refractivity contribution in [3.63, 3.8) is 0 Å². The standard InChI is InChI=1S/C69H45N3/c1-6-21-47(22-7-1)62-45-63(48-39-37-46(38-40-48)53-41-42-60-58-35-17-16-33-56(58)57-34-18-19-36-59(57)61(60)44-53)71-69(70-62)55-32-20-31-54(43-55)64-65(49-23-8-2-9-24-49)67(51-27-12-4-13-28-51)72-68(52-29-14-5-15-30-52)66(64)50-25-10-3-11-26-50/h1-45H. The second-order valence-corrected chi connectivity index (χ2v) is 18.2. The highest BCUT2D eigenvalue weighted by atomic mass is 14.9. The Morgan fingerprint density at radius 3 is 1.04 bits per heavy atom. The third-order valence-electron chi connectivity index (χ3n) is 13.9. The van der Waals surface area contributed by atoms with Crippen LogP contribution in [0.3, 0.4) is 0 Å². The molecule has 0 bridgehead atoms. The van der Waals surface area contributed by atoms with E-state index in [1.54, 1.807) is 0 Å². The summed E-state index contributed by atoms with van der Waals surface area (Å²) in [5.74, 6) is 0.647. The minimum atomic E-state index is 0.647. The summed E-state index contributed by atoms with van der Waals surface area (Å²) in [6.07, 6.45) is 0. The number of aromatic nitrogens is 3. The monoisotopic (exact) mass is 915 g/mol. The molecule has 0 unspecified atom stereocenters. The Morgan fingerprint density at radius 1 is 0.181 bits per heavy atom. The van der Waals surface area contributed by atoms with Crippen molar-refractivity contribution >= 4 is 32.3 Å². The second kappa shape index (κ2) is 18.4. The third kappa shape index (κ3) is 7.80. The van der Waals surface area contributed by atoms with E-state index in [0.717, 1.165) is 89.5 Å². The molecule has 0 aliphatic rings. The molecule has 0 spiro atoms. The molecule has 0 radical (unpaired) electrons. The zero-order valence-electron chi connectivity index (χ0n) is 39.3. The number of nitrogens with zero attached hydrogens (tertiary/aromatic N) is 3. The molecule has 2 aromatic heterocycles. The zero-order valence-corrected chi connectivity index (χ0v) is 39.3. The maximum Gasteiger partial charge on any atom is 0.160 e. The lowest BCUT2D eigenvalue weighted by Gasteiger charge is -2.23. The molecule has 0 N–H and O–H groups in total. The van der Waals surface area contributed by atoms with Crippen molar-refractivity contribution in [1.29, 1.82) is 0 Å². The molecule has 0 saturated carbocycles. The van der Waals surface area contributed by atoms with Crippen molar-refractivity contribution in [1.82, 2.24) is 15.0 Å². The van der Waals surface area contributed by atoms with Crippen LogP contribution in [-0.4, -0.2) is 15.0 Å². The fourth-order valence-corrected chi connectivity index (χ4v) is 10.5. The minimum absolute atomic E-state index is 0.647. The fraction of sp³-hybridized carbons (Fsp3) is 0. The largest absolute Gasteiger partial charge is 0.246 e. The van der Waals surface area contributed by atoms with E-state index in [1.165, 1.54) is 37.9 Å². The highest BCUT2D eigenvalue weighted by Crippen LogP contribution is 2.49. The van der Waals surface area contributed by atoms with Crippen molar-refractivity contribution in [3.8, 4) is 101 Å². The smallest absolute Gasteiger partial charge is 0.160 e. The van der Waals surface area contributed by atoms with E-state index in [2.05, 4.69) is 267 Å². The molecule has 13 rings (SSSR count). The van der Waals surface area contributed by atoms with Gasteiger partial charge in [-0.3, -0.25) is 0 Å². The van der Waals surface area contributed by atoms with Crippen LogP contribution in [0, 0.1) is 0 Å². The van der Waals surface area contributed by atoms with Crippen LogP contribution in [-0.2, 0) is 0 Å². The maximum atomic E-state index is 5.66. The molecule has 0 fully saturated rings. The lowest BCUT2D eigenvalue weighted by molar-refractivity contribution is 1.18. The van der Waals surface area contributed by atoms with Gasteiger partial charge in [-0.05, 0) is 78.3 Å². The van der Waals surface area contributed by atoms with Gasteiger partial charge in [-0.2, -0.15) is 0 Å². The average molecular weight is 916 g/mol. The third-order valence-corrected chi connectivity index (χ3v) is 13.9. The number of pyridine rings is 1. The zero-order chi connectivity index (χ0) is 47.8. The van der Waals surface area contributed by atoms with E-state index in [4.69, 9.17) is 15.0 Å². The van der Waals surface area contributed by atoms with Crippen molar-refractivity contribution in [2.75, 3.05) is 0 Å². The predicted molar refractivity (Wildman–Crippen MR) is 301 cm³/mol. The molecule has 0 saturated heterocycles. The topological polar surface area (TPSA) is 38.7 Å². The summed E-state index contributed by atoms with van der Waals surface area (Å²) in [5.41, 5.74) is 17.3. The van der Waals surface area contributed by atoms with Crippen LogP contribution in [0.1, 0.15) is 0 Å². The van der Waals surface area contributed by atoms with E-state index in [0.29, 0.717) is 5.82 Å². The molecule has 3 nitrogen and oxygen atoms in total. The summed E-state index contributed by atoms with van der Waals surface area (Å²) in [7, 11) is 0. The van der Waals surface area contributed by atoms with Crippen molar-refractivity contribution in [2.45, 2.75) is 0 Å². The highest BCUT2D eigenvalue weighted by molar-refractivity contribution is 6.25. The highest BCUT2D eigenvalue weighted by Gasteiger charge is 2.26. The quantitative estimate of drug-likeness (QED) is 0.135. The summed E-state index contributed by atoms with van der Waals surface area (Å²) >= 11 is 0. The Morgan fingerprint density at radius 2 is 0.542 bits per heavy atom. The molecular weight excluding hydrogens is 871 g/mol. The van der Waals surface area contributed by atoms with Gasteiger partial charge in [0.2, 0.25) is 0 Å². The Hall–Kier alpha value is -9.57. The van der Waals surface area contributed by atoms with Gasteiger partial charge in [0.1, 0.15) is 0 Å². The van der Waals surface area contributed by atoms with Gasteiger partial charge in [-0.15, -0.1) is 0 Å². The summed E-state index contributed by atoms with van der Waals surface area (Å²) < 4.78 is 0. The normalized spacial score (nSPS) is 11.3. The van der Waals surface area contributed by atoms with Gasteiger partial charge in [-0.1, -0.05) is 255 Å². The number of hydrogen-bond donors (Lipinski definition) is 0. The van der Waals surface area contributed by atoms with Crippen molar-refractivity contribution in [2.24, 2.45) is 0 Å². The van der Waals surface area contributed by atoms with E-state index < -0.39 is 0 Å². The first-order valence-electron chi connectivity index (χ1n) is 24.5. The van der Waals surface area contributed by atoms with Crippen molar-refractivity contribution in [3.05, 3.63) is 273 Å². The van der Waals surface area contributed by atoms with Gasteiger partial charge in [0.05, 0.1) is 22.8 Å². The lowest BCUT2D eigenvalue weighted by atomic mass is 9.83. The van der Waals surface area contributed by atoms with Gasteiger partial charge in [0, 0.05) is 44.5 Å². The fourth-order valence-electron chi connectivity index (χ4n) is 10.5. The van der Waals surface area contributed by atoms with Gasteiger partial charge in [0.15, 0.2) is 5.82 Å². The molecule has 11 aromatic carbocycles. The van der Waals surface area contributed by atoms with Crippen LogP contribution < -0.4 is 0 Å². The molecule has 0 aliphatic carbocycles. The molecule has 72 heavy (non-hydrogen) atoms. The van der Waals surface area contributed by atoms with E-state index >= 15 is 0 Å². The second-order valence-electron chi connectivity index (χ2n) is 18.2. The SMILES string of the molecule is c1ccc(-c2cc(-c3ccc(-c4ccc5c6ccccc6c6ccccc6c5c4)cc3)nc(-c3cccc(-c4c(-c5ccccc5)c(-c5ccccc5)nc(-c5ccccc5)c4-c4ccccc4)c3)n2)cc1. The molecule has 0 aliphatic heterocycles. The maximum absolute atomic E-state index is 5.66. The van der Waals surface area contributed by atoms with E-state index in [9.17, 15) is 0 Å². The summed E-state index contributed by atoms with van der Waals surface area (Å²) in [5, 5.41) is 7.61. The summed E-state index contributed by atoms with van der Waals surface area (Å²) in [6, 6.07) is 97.0. The number of benzene rings is 11. The van der Waals surface area contributed by atoms with E-state index in [1.807, 2.05) is 6.07 Å². The Bertz CT molecular complexity index is 3960. The number of fused-ring (bicyclic) bond motifs is 6. The minimum Gasteiger partial charge on any atom is -0.246 e. The van der Waals surface area contributed by atoms with Gasteiger partial charge < -0.3 is 0 Å². The average Bonchev–Trinajstić information content (AvgIpc) is 3.47. The summed E-state index contributed by atoms with van der Waals surface area (Å²) in [4.78, 5) is 16.4. The first-order chi connectivity index (χ1) is 35.7. The van der Waals surface area contributed by atoms with Crippen molar-refractivity contribution < 1.29 is 0 Å². The van der Waals surface area contributed by atoms with Crippen LogP contribution in [0.2, 0.25) is 0 Å². The van der Waals surface area contributed by atoms with E-state index in [-0.39, 0.29) is 0 Å². The Labute approximate surface area is 419 Å². The lowest BCUT2D eigenvalue weighted by Crippen LogP contribution is -2.02. The van der Waals surface area contributed by atoms with Crippen LogP contribution in [0.5, 0.6) is 0 Å². The predicted octanol–water partition coefficient (Wildman–Crippen LogP) is 18.3. The van der Waals surface area contributed by atoms with Gasteiger partial charge >= 0.3 is 0 Å². The first kappa shape index (κ1) is 42.5.